The Morgan fingerprint density at radius 2 is 1.87 bits per heavy atom. The summed E-state index contributed by atoms with van der Waals surface area (Å²) >= 11 is 3.48. The number of rotatable bonds is 4. The van der Waals surface area contributed by atoms with Crippen molar-refractivity contribution >= 4 is 21.8 Å². The number of nitrogens with zero attached hydrogens (tertiary/aromatic N) is 5. The summed E-state index contributed by atoms with van der Waals surface area (Å²) in [6, 6.07) is 16.3. The molecule has 1 amide bonds. The largest absolute Gasteiger partial charge is 0.336 e. The fourth-order valence-electron chi connectivity index (χ4n) is 3.89. The van der Waals surface area contributed by atoms with Crippen molar-refractivity contribution in [2.45, 2.75) is 26.8 Å². The molecule has 0 saturated carbocycles. The number of amides is 1. The van der Waals surface area contributed by atoms with E-state index in [0.29, 0.717) is 12.2 Å². The van der Waals surface area contributed by atoms with Crippen LogP contribution in [-0.4, -0.2) is 56.9 Å². The van der Waals surface area contributed by atoms with Crippen LogP contribution < -0.4 is 0 Å². The number of aryl methyl sites for hydroxylation is 1. The van der Waals surface area contributed by atoms with Crippen molar-refractivity contribution < 1.29 is 4.79 Å². The number of carbonyl (C=O) groups is 1. The molecule has 1 fully saturated rings. The van der Waals surface area contributed by atoms with E-state index in [2.05, 4.69) is 62.3 Å². The molecule has 1 aliphatic rings. The molecule has 0 N–H and O–H groups in total. The van der Waals surface area contributed by atoms with Gasteiger partial charge < -0.3 is 4.90 Å². The Morgan fingerprint density at radius 1 is 1.03 bits per heavy atom. The van der Waals surface area contributed by atoms with Crippen LogP contribution in [0.4, 0.5) is 0 Å². The molecule has 1 aliphatic heterocycles. The second-order valence-electron chi connectivity index (χ2n) is 7.76. The summed E-state index contributed by atoms with van der Waals surface area (Å²) in [6.07, 6.45) is 0.955. The average Bonchev–Trinajstić information content (AvgIpc) is 2.96. The molecule has 1 saturated heterocycles. The van der Waals surface area contributed by atoms with Gasteiger partial charge in [0, 0.05) is 37.2 Å². The predicted molar refractivity (Wildman–Crippen MR) is 121 cm³/mol. The van der Waals surface area contributed by atoms with Crippen LogP contribution >= 0.6 is 15.9 Å². The third-order valence-corrected chi connectivity index (χ3v) is 6.17. The van der Waals surface area contributed by atoms with E-state index in [1.807, 2.05) is 36.1 Å². The van der Waals surface area contributed by atoms with Crippen LogP contribution in [0.25, 0.3) is 5.69 Å². The Bertz CT molecular complexity index is 1050. The van der Waals surface area contributed by atoms with Gasteiger partial charge in [-0.25, -0.2) is 4.68 Å². The maximum absolute atomic E-state index is 13.2. The number of carbonyl (C=O) groups excluding carboxylic acids is 1. The second kappa shape index (κ2) is 9.10. The summed E-state index contributed by atoms with van der Waals surface area (Å²) in [7, 11) is 0. The van der Waals surface area contributed by atoms with Crippen molar-refractivity contribution in [3.63, 3.8) is 0 Å². The van der Waals surface area contributed by atoms with Gasteiger partial charge >= 0.3 is 0 Å². The molecule has 0 unspecified atom stereocenters. The molecule has 1 aromatic heterocycles. The van der Waals surface area contributed by atoms with E-state index in [0.717, 1.165) is 48.5 Å². The van der Waals surface area contributed by atoms with Gasteiger partial charge in [0.1, 0.15) is 0 Å². The standard InChI is InChI=1S/C23H26BrN5O/c1-17-7-3-4-8-19(17)16-27-11-6-12-28(14-13-27)23(30)22-18(2)29(26-25-22)21-10-5-9-20(24)15-21/h3-5,7-10,15H,6,11-14,16H2,1-2H3. The van der Waals surface area contributed by atoms with Gasteiger partial charge in [0.25, 0.3) is 5.91 Å². The molecule has 156 valence electrons. The highest BCUT2D eigenvalue weighted by Crippen LogP contribution is 2.19. The lowest BCUT2D eigenvalue weighted by Crippen LogP contribution is -2.35. The summed E-state index contributed by atoms with van der Waals surface area (Å²) in [6.45, 7) is 8.27. The molecule has 7 heteroatoms. The van der Waals surface area contributed by atoms with Gasteiger partial charge in [-0.3, -0.25) is 9.69 Å². The van der Waals surface area contributed by atoms with Gasteiger partial charge in [0.15, 0.2) is 5.69 Å². The predicted octanol–water partition coefficient (Wildman–Crippen LogP) is 3.99. The van der Waals surface area contributed by atoms with E-state index >= 15 is 0 Å². The van der Waals surface area contributed by atoms with E-state index in [-0.39, 0.29) is 5.91 Å². The number of hydrogen-bond acceptors (Lipinski definition) is 4. The van der Waals surface area contributed by atoms with Crippen molar-refractivity contribution in [2.75, 3.05) is 26.2 Å². The minimum atomic E-state index is -0.0357. The maximum atomic E-state index is 13.2. The Labute approximate surface area is 185 Å². The molecule has 0 radical (unpaired) electrons. The Hall–Kier alpha value is -2.51. The van der Waals surface area contributed by atoms with Crippen molar-refractivity contribution in [2.24, 2.45) is 0 Å². The lowest BCUT2D eigenvalue weighted by Gasteiger charge is -2.22. The van der Waals surface area contributed by atoms with E-state index in [4.69, 9.17) is 0 Å². The fourth-order valence-corrected chi connectivity index (χ4v) is 4.28. The molecule has 6 nitrogen and oxygen atoms in total. The zero-order valence-corrected chi connectivity index (χ0v) is 19.0. The van der Waals surface area contributed by atoms with Gasteiger partial charge in [-0.2, -0.15) is 0 Å². The highest BCUT2D eigenvalue weighted by molar-refractivity contribution is 9.10. The Kier molecular flexibility index (Phi) is 6.29. The number of halogens is 1. The lowest BCUT2D eigenvalue weighted by molar-refractivity contribution is 0.0754. The monoisotopic (exact) mass is 467 g/mol. The zero-order chi connectivity index (χ0) is 21.1. The highest BCUT2D eigenvalue weighted by Gasteiger charge is 2.25. The topological polar surface area (TPSA) is 54.3 Å². The van der Waals surface area contributed by atoms with Gasteiger partial charge in [-0.1, -0.05) is 51.5 Å². The van der Waals surface area contributed by atoms with E-state index in [9.17, 15) is 4.79 Å². The molecule has 30 heavy (non-hydrogen) atoms. The molecule has 0 bridgehead atoms. The summed E-state index contributed by atoms with van der Waals surface area (Å²) < 4.78 is 2.68. The molecule has 2 heterocycles. The van der Waals surface area contributed by atoms with Crippen molar-refractivity contribution in [3.05, 3.63) is 75.5 Å². The molecule has 0 atom stereocenters. The van der Waals surface area contributed by atoms with Gasteiger partial charge in [-0.15, -0.1) is 5.10 Å². The van der Waals surface area contributed by atoms with E-state index < -0.39 is 0 Å². The zero-order valence-electron chi connectivity index (χ0n) is 17.4. The van der Waals surface area contributed by atoms with Crippen LogP contribution in [0.15, 0.2) is 53.0 Å². The SMILES string of the molecule is Cc1ccccc1CN1CCCN(C(=O)c2nnn(-c3cccc(Br)c3)c2C)CC1. The van der Waals surface area contributed by atoms with Crippen LogP contribution in [0.1, 0.15) is 33.7 Å². The minimum absolute atomic E-state index is 0.0357. The summed E-state index contributed by atoms with van der Waals surface area (Å²) in [5.41, 5.74) is 4.75. The summed E-state index contributed by atoms with van der Waals surface area (Å²) in [4.78, 5) is 17.5. The molecular formula is C23H26BrN5O. The number of aromatic nitrogens is 3. The molecular weight excluding hydrogens is 442 g/mol. The van der Waals surface area contributed by atoms with Crippen LogP contribution in [0.2, 0.25) is 0 Å². The molecule has 3 aromatic rings. The Balaban J connectivity index is 1.45. The summed E-state index contributed by atoms with van der Waals surface area (Å²) in [5, 5.41) is 8.45. The number of hydrogen-bond donors (Lipinski definition) is 0. The first kappa shape index (κ1) is 20.8. The first-order chi connectivity index (χ1) is 14.5. The first-order valence-electron chi connectivity index (χ1n) is 10.3. The van der Waals surface area contributed by atoms with Crippen LogP contribution in [0, 0.1) is 13.8 Å². The van der Waals surface area contributed by atoms with Crippen LogP contribution in [0.5, 0.6) is 0 Å². The summed E-state index contributed by atoms with van der Waals surface area (Å²) in [5.74, 6) is -0.0357. The number of benzene rings is 2. The van der Waals surface area contributed by atoms with Gasteiger partial charge in [0.2, 0.25) is 0 Å². The van der Waals surface area contributed by atoms with E-state index in [1.165, 1.54) is 11.1 Å². The van der Waals surface area contributed by atoms with Crippen molar-refractivity contribution in [3.8, 4) is 5.69 Å². The van der Waals surface area contributed by atoms with E-state index in [1.54, 1.807) is 4.68 Å². The first-order valence-corrected chi connectivity index (χ1v) is 11.1. The quantitative estimate of drug-likeness (QED) is 0.581. The third-order valence-electron chi connectivity index (χ3n) is 5.68. The highest BCUT2D eigenvalue weighted by atomic mass is 79.9. The Morgan fingerprint density at radius 3 is 2.67 bits per heavy atom. The molecule has 2 aromatic carbocycles. The van der Waals surface area contributed by atoms with Gasteiger partial charge in [-0.05, 0) is 49.6 Å². The smallest absolute Gasteiger partial charge is 0.276 e. The molecule has 0 spiro atoms. The minimum Gasteiger partial charge on any atom is -0.336 e. The van der Waals surface area contributed by atoms with Crippen LogP contribution in [-0.2, 0) is 6.54 Å². The molecule has 4 rings (SSSR count). The second-order valence-corrected chi connectivity index (χ2v) is 8.68. The normalized spacial score (nSPS) is 15.2. The average molecular weight is 468 g/mol. The molecule has 0 aliphatic carbocycles. The third kappa shape index (κ3) is 4.47. The maximum Gasteiger partial charge on any atom is 0.276 e. The lowest BCUT2D eigenvalue weighted by atomic mass is 10.1. The van der Waals surface area contributed by atoms with Gasteiger partial charge in [0.05, 0.1) is 11.4 Å². The van der Waals surface area contributed by atoms with Crippen LogP contribution in [0.3, 0.4) is 0 Å². The van der Waals surface area contributed by atoms with Crippen molar-refractivity contribution in [1.29, 1.82) is 0 Å². The van der Waals surface area contributed by atoms with Crippen molar-refractivity contribution in [1.82, 2.24) is 24.8 Å². The fraction of sp³-hybridized carbons (Fsp3) is 0.348.